The second-order valence-corrected chi connectivity index (χ2v) is 5.17. The van der Waals surface area contributed by atoms with Crippen LogP contribution in [0.4, 0.5) is 11.4 Å². The summed E-state index contributed by atoms with van der Waals surface area (Å²) in [5.74, 6) is -0.0814. The third kappa shape index (κ3) is 4.57. The van der Waals surface area contributed by atoms with Gasteiger partial charge in [-0.2, -0.15) is 0 Å². The summed E-state index contributed by atoms with van der Waals surface area (Å²) in [6, 6.07) is 9.47. The van der Waals surface area contributed by atoms with Crippen molar-refractivity contribution in [2.45, 2.75) is 13.5 Å². The predicted octanol–water partition coefficient (Wildman–Crippen LogP) is 2.04. The number of nitrogens with one attached hydrogen (secondary N) is 1. The quantitative estimate of drug-likeness (QED) is 0.824. The molecule has 0 aliphatic carbocycles. The highest BCUT2D eigenvalue weighted by atomic mass is 16.2. The van der Waals surface area contributed by atoms with Crippen LogP contribution in [0.25, 0.3) is 0 Å². The minimum Gasteiger partial charge on any atom is -0.397 e. The lowest BCUT2D eigenvalue weighted by atomic mass is 10.2. The van der Waals surface area contributed by atoms with Crippen LogP contribution >= 0.6 is 0 Å². The van der Waals surface area contributed by atoms with Crippen molar-refractivity contribution in [3.63, 3.8) is 0 Å². The fourth-order valence-electron chi connectivity index (χ4n) is 2.09. The van der Waals surface area contributed by atoms with Gasteiger partial charge >= 0.3 is 0 Å². The Labute approximate surface area is 124 Å². The van der Waals surface area contributed by atoms with Crippen LogP contribution < -0.4 is 11.1 Å². The lowest BCUT2D eigenvalue weighted by molar-refractivity contribution is -0.117. The summed E-state index contributed by atoms with van der Waals surface area (Å²) in [5, 5.41) is 2.84. The number of hydrogen-bond acceptors (Lipinski definition) is 4. The van der Waals surface area contributed by atoms with E-state index in [0.29, 0.717) is 24.5 Å². The van der Waals surface area contributed by atoms with Crippen LogP contribution in [-0.4, -0.2) is 29.4 Å². The van der Waals surface area contributed by atoms with Gasteiger partial charge in [0.15, 0.2) is 0 Å². The van der Waals surface area contributed by atoms with Gasteiger partial charge in [0.2, 0.25) is 5.91 Å². The summed E-state index contributed by atoms with van der Waals surface area (Å²) >= 11 is 0. The van der Waals surface area contributed by atoms with Crippen molar-refractivity contribution >= 4 is 17.3 Å². The fourth-order valence-corrected chi connectivity index (χ4v) is 2.09. The van der Waals surface area contributed by atoms with Crippen molar-refractivity contribution in [3.05, 3.63) is 53.9 Å². The Morgan fingerprint density at radius 2 is 2.00 bits per heavy atom. The van der Waals surface area contributed by atoms with Gasteiger partial charge in [0.25, 0.3) is 0 Å². The van der Waals surface area contributed by atoms with Crippen molar-refractivity contribution in [1.82, 2.24) is 9.88 Å². The highest BCUT2D eigenvalue weighted by Gasteiger charge is 2.09. The van der Waals surface area contributed by atoms with E-state index in [4.69, 9.17) is 5.73 Å². The van der Waals surface area contributed by atoms with Crippen molar-refractivity contribution in [1.29, 1.82) is 0 Å². The number of carbonyl (C=O) groups is 1. The maximum Gasteiger partial charge on any atom is 0.238 e. The van der Waals surface area contributed by atoms with E-state index >= 15 is 0 Å². The number of benzene rings is 1. The monoisotopic (exact) mass is 284 g/mol. The van der Waals surface area contributed by atoms with Crippen LogP contribution in [0.2, 0.25) is 0 Å². The van der Waals surface area contributed by atoms with Crippen LogP contribution in [0.3, 0.4) is 0 Å². The highest BCUT2D eigenvalue weighted by molar-refractivity contribution is 5.95. The van der Waals surface area contributed by atoms with Gasteiger partial charge in [-0.15, -0.1) is 0 Å². The number of pyridine rings is 1. The van der Waals surface area contributed by atoms with Gasteiger partial charge in [0.05, 0.1) is 17.9 Å². The maximum atomic E-state index is 12.0. The lowest BCUT2D eigenvalue weighted by Gasteiger charge is -2.17. The molecule has 2 aromatic rings. The Hall–Kier alpha value is -2.40. The second-order valence-electron chi connectivity index (χ2n) is 5.17. The first kappa shape index (κ1) is 15.0. The first-order valence-electron chi connectivity index (χ1n) is 6.78. The van der Waals surface area contributed by atoms with E-state index in [-0.39, 0.29) is 5.91 Å². The maximum absolute atomic E-state index is 12.0. The van der Waals surface area contributed by atoms with E-state index in [9.17, 15) is 4.79 Å². The fraction of sp³-hybridized carbons (Fsp3) is 0.250. The highest BCUT2D eigenvalue weighted by Crippen LogP contribution is 2.19. The van der Waals surface area contributed by atoms with E-state index in [1.807, 2.05) is 49.2 Å². The standard InChI is InChI=1S/C16H20N4O/c1-12-3-4-15(14(17)9-12)19-16(21)11-20(2)10-13-5-7-18-8-6-13/h3-9H,10-11,17H2,1-2H3,(H,19,21). The zero-order chi connectivity index (χ0) is 15.2. The summed E-state index contributed by atoms with van der Waals surface area (Å²) in [5.41, 5.74) is 9.32. The van der Waals surface area contributed by atoms with E-state index in [0.717, 1.165) is 11.1 Å². The van der Waals surface area contributed by atoms with Crippen molar-refractivity contribution in [2.75, 3.05) is 24.6 Å². The van der Waals surface area contributed by atoms with Crippen LogP contribution in [0.5, 0.6) is 0 Å². The Kier molecular flexibility index (Phi) is 4.90. The van der Waals surface area contributed by atoms with Gasteiger partial charge in [0.1, 0.15) is 0 Å². The van der Waals surface area contributed by atoms with Crippen molar-refractivity contribution in [2.24, 2.45) is 0 Å². The molecule has 0 aliphatic heterocycles. The summed E-state index contributed by atoms with van der Waals surface area (Å²) in [7, 11) is 1.90. The molecule has 0 atom stereocenters. The number of nitrogen functional groups attached to an aromatic ring is 1. The molecule has 0 saturated carbocycles. The molecule has 0 radical (unpaired) electrons. The van der Waals surface area contributed by atoms with Gasteiger partial charge in [-0.25, -0.2) is 0 Å². The van der Waals surface area contributed by atoms with Gasteiger partial charge in [0, 0.05) is 18.9 Å². The number of nitrogens with two attached hydrogens (primary N) is 1. The number of amides is 1. The number of aromatic nitrogens is 1. The Balaban J connectivity index is 1.89. The number of rotatable bonds is 5. The number of anilines is 2. The van der Waals surface area contributed by atoms with E-state index in [1.54, 1.807) is 12.4 Å². The molecule has 1 amide bonds. The normalized spacial score (nSPS) is 10.6. The van der Waals surface area contributed by atoms with Crippen LogP contribution in [0.1, 0.15) is 11.1 Å². The molecule has 2 rings (SSSR count). The van der Waals surface area contributed by atoms with Crippen molar-refractivity contribution < 1.29 is 4.79 Å². The van der Waals surface area contributed by atoms with Gasteiger partial charge < -0.3 is 11.1 Å². The zero-order valence-electron chi connectivity index (χ0n) is 12.3. The molecular weight excluding hydrogens is 264 g/mol. The second kappa shape index (κ2) is 6.85. The molecule has 110 valence electrons. The van der Waals surface area contributed by atoms with Crippen molar-refractivity contribution in [3.8, 4) is 0 Å². The summed E-state index contributed by atoms with van der Waals surface area (Å²) < 4.78 is 0. The van der Waals surface area contributed by atoms with Crippen LogP contribution in [0.15, 0.2) is 42.7 Å². The third-order valence-electron chi connectivity index (χ3n) is 3.10. The molecule has 0 fully saturated rings. The smallest absolute Gasteiger partial charge is 0.238 e. The Bertz CT molecular complexity index is 613. The lowest BCUT2D eigenvalue weighted by Crippen LogP contribution is -2.30. The average molecular weight is 284 g/mol. The molecule has 1 aromatic carbocycles. The van der Waals surface area contributed by atoms with Gasteiger partial charge in [-0.05, 0) is 49.4 Å². The van der Waals surface area contributed by atoms with E-state index in [1.165, 1.54) is 0 Å². The first-order valence-corrected chi connectivity index (χ1v) is 6.78. The summed E-state index contributed by atoms with van der Waals surface area (Å²) in [6.45, 7) is 2.96. The van der Waals surface area contributed by atoms with E-state index < -0.39 is 0 Å². The summed E-state index contributed by atoms with van der Waals surface area (Å²) in [4.78, 5) is 17.9. The predicted molar refractivity (Wildman–Crippen MR) is 84.8 cm³/mol. The molecule has 1 heterocycles. The van der Waals surface area contributed by atoms with Crippen LogP contribution in [-0.2, 0) is 11.3 Å². The Morgan fingerprint density at radius 3 is 2.67 bits per heavy atom. The molecule has 0 saturated heterocycles. The molecule has 5 heteroatoms. The molecular formula is C16H20N4O. The number of nitrogens with zero attached hydrogens (tertiary/aromatic N) is 2. The van der Waals surface area contributed by atoms with Gasteiger partial charge in [-0.1, -0.05) is 6.07 Å². The molecule has 21 heavy (non-hydrogen) atoms. The van der Waals surface area contributed by atoms with Crippen LogP contribution in [0, 0.1) is 6.92 Å². The number of aryl methyl sites for hydroxylation is 1. The largest absolute Gasteiger partial charge is 0.397 e. The van der Waals surface area contributed by atoms with E-state index in [2.05, 4.69) is 10.3 Å². The average Bonchev–Trinajstić information content (AvgIpc) is 2.43. The topological polar surface area (TPSA) is 71.2 Å². The molecule has 0 bridgehead atoms. The minimum atomic E-state index is -0.0814. The number of likely N-dealkylation sites (N-methyl/N-ethyl adjacent to an activating group) is 1. The SMILES string of the molecule is Cc1ccc(NC(=O)CN(C)Cc2ccncc2)c(N)c1. The third-order valence-corrected chi connectivity index (χ3v) is 3.10. The minimum absolute atomic E-state index is 0.0814. The molecule has 5 nitrogen and oxygen atoms in total. The first-order chi connectivity index (χ1) is 10.0. The summed E-state index contributed by atoms with van der Waals surface area (Å²) in [6.07, 6.45) is 3.49. The molecule has 1 aromatic heterocycles. The zero-order valence-corrected chi connectivity index (χ0v) is 12.3. The number of carbonyl (C=O) groups excluding carboxylic acids is 1. The molecule has 0 aliphatic rings. The molecule has 0 unspecified atom stereocenters. The molecule has 3 N–H and O–H groups in total. The van der Waals surface area contributed by atoms with Gasteiger partial charge in [-0.3, -0.25) is 14.7 Å². The number of hydrogen-bond donors (Lipinski definition) is 2. The Morgan fingerprint density at radius 1 is 1.29 bits per heavy atom. The molecule has 0 spiro atoms.